The first kappa shape index (κ1) is 18.2. The maximum atomic E-state index is 13.3. The first-order valence-electron chi connectivity index (χ1n) is 8.92. The van der Waals surface area contributed by atoms with Gasteiger partial charge in [-0.15, -0.1) is 0 Å². The van der Waals surface area contributed by atoms with Crippen LogP contribution in [0.3, 0.4) is 0 Å². The van der Waals surface area contributed by atoms with Gasteiger partial charge in [0.2, 0.25) is 11.8 Å². The van der Waals surface area contributed by atoms with Crippen molar-refractivity contribution in [2.45, 2.75) is 45.6 Å². The van der Waals surface area contributed by atoms with Gasteiger partial charge in [0, 0.05) is 24.7 Å². The van der Waals surface area contributed by atoms with Crippen LogP contribution in [0.4, 0.5) is 10.1 Å². The number of benzene rings is 1. The van der Waals surface area contributed by atoms with Gasteiger partial charge >= 0.3 is 0 Å². The molecule has 2 aliphatic rings. The average Bonchev–Trinajstić information content (AvgIpc) is 2.96. The van der Waals surface area contributed by atoms with E-state index in [0.717, 1.165) is 12.8 Å². The lowest BCUT2D eigenvalue weighted by atomic mass is 9.78. The standard InChI is InChI=1S/C19H24ClFN2O2/c1-11-4-3-5-17(12(11)2)22-19(25)13-8-18(24)23(10-13)14-6-7-16(21)15(20)9-14/h6-7,9,11-13,17H,3-5,8,10H2,1-2H3,(H,22,25)/t11-,12+,13-,17+/m1/s1. The molecule has 1 N–H and O–H groups in total. The second kappa shape index (κ2) is 7.32. The van der Waals surface area contributed by atoms with E-state index in [4.69, 9.17) is 11.6 Å². The van der Waals surface area contributed by atoms with Crippen molar-refractivity contribution < 1.29 is 14.0 Å². The van der Waals surface area contributed by atoms with E-state index in [9.17, 15) is 14.0 Å². The summed E-state index contributed by atoms with van der Waals surface area (Å²) in [7, 11) is 0. The van der Waals surface area contributed by atoms with Crippen LogP contribution in [0.2, 0.25) is 5.02 Å². The Morgan fingerprint density at radius 2 is 2.08 bits per heavy atom. The zero-order chi connectivity index (χ0) is 18.1. The van der Waals surface area contributed by atoms with Crippen LogP contribution in [0, 0.1) is 23.6 Å². The summed E-state index contributed by atoms with van der Waals surface area (Å²) in [5.74, 6) is -0.0423. The lowest BCUT2D eigenvalue weighted by Gasteiger charge is -2.35. The summed E-state index contributed by atoms with van der Waals surface area (Å²) in [5, 5.41) is 3.13. The molecule has 0 radical (unpaired) electrons. The van der Waals surface area contributed by atoms with Gasteiger partial charge < -0.3 is 10.2 Å². The van der Waals surface area contributed by atoms with Crippen LogP contribution < -0.4 is 10.2 Å². The molecule has 2 amide bonds. The summed E-state index contributed by atoms with van der Waals surface area (Å²) in [6.07, 6.45) is 3.50. The quantitative estimate of drug-likeness (QED) is 0.885. The first-order valence-corrected chi connectivity index (χ1v) is 9.30. The Labute approximate surface area is 152 Å². The zero-order valence-electron chi connectivity index (χ0n) is 14.6. The second-order valence-corrected chi connectivity index (χ2v) is 7.79. The van der Waals surface area contributed by atoms with Crippen molar-refractivity contribution in [3.05, 3.63) is 29.0 Å². The van der Waals surface area contributed by atoms with E-state index in [1.54, 1.807) is 0 Å². The Morgan fingerprint density at radius 1 is 1.32 bits per heavy atom. The Morgan fingerprint density at radius 3 is 2.80 bits per heavy atom. The van der Waals surface area contributed by atoms with Crippen LogP contribution in [-0.4, -0.2) is 24.4 Å². The predicted octanol–water partition coefficient (Wildman–Crippen LogP) is 3.77. The SMILES string of the molecule is C[C@H]1[C@H](C)CCC[C@@H]1NC(=O)[C@@H]1CC(=O)N(c2ccc(F)c(Cl)c2)C1. The fourth-order valence-electron chi connectivity index (χ4n) is 3.87. The van der Waals surface area contributed by atoms with E-state index in [0.29, 0.717) is 24.1 Å². The molecule has 1 aliphatic carbocycles. The minimum absolute atomic E-state index is 0.0248. The number of carbonyl (C=O) groups is 2. The van der Waals surface area contributed by atoms with Gasteiger partial charge in [0.15, 0.2) is 0 Å². The molecule has 4 atom stereocenters. The highest BCUT2D eigenvalue weighted by molar-refractivity contribution is 6.31. The normalized spacial score (nSPS) is 29.8. The monoisotopic (exact) mass is 366 g/mol. The molecule has 1 heterocycles. The number of hydrogen-bond acceptors (Lipinski definition) is 2. The van der Waals surface area contributed by atoms with Crippen LogP contribution >= 0.6 is 11.6 Å². The van der Waals surface area contributed by atoms with Gasteiger partial charge in [0.25, 0.3) is 0 Å². The molecule has 0 unspecified atom stereocenters. The lowest BCUT2D eigenvalue weighted by Crippen LogP contribution is -2.46. The van der Waals surface area contributed by atoms with Crippen LogP contribution in [0.1, 0.15) is 39.5 Å². The maximum Gasteiger partial charge on any atom is 0.227 e. The third kappa shape index (κ3) is 3.81. The third-order valence-electron chi connectivity index (χ3n) is 5.75. The van der Waals surface area contributed by atoms with E-state index in [1.807, 2.05) is 0 Å². The third-order valence-corrected chi connectivity index (χ3v) is 6.03. The van der Waals surface area contributed by atoms with Gasteiger partial charge in [-0.1, -0.05) is 38.3 Å². The van der Waals surface area contributed by atoms with Crippen LogP contribution in [0.5, 0.6) is 0 Å². The Kier molecular flexibility index (Phi) is 5.32. The molecule has 1 aromatic carbocycles. The molecule has 1 saturated heterocycles. The first-order chi connectivity index (χ1) is 11.9. The number of nitrogens with one attached hydrogen (secondary N) is 1. The number of halogens is 2. The van der Waals surface area contributed by atoms with Crippen molar-refractivity contribution in [3.8, 4) is 0 Å². The summed E-state index contributed by atoms with van der Waals surface area (Å²) in [4.78, 5) is 26.5. The van der Waals surface area contributed by atoms with E-state index in [2.05, 4.69) is 19.2 Å². The number of amides is 2. The molecular weight excluding hydrogens is 343 g/mol. The number of hydrogen-bond donors (Lipinski definition) is 1. The summed E-state index contributed by atoms with van der Waals surface area (Å²) >= 11 is 5.81. The van der Waals surface area contributed by atoms with Crippen LogP contribution in [-0.2, 0) is 9.59 Å². The maximum absolute atomic E-state index is 13.3. The van der Waals surface area contributed by atoms with Gasteiger partial charge in [-0.25, -0.2) is 4.39 Å². The van der Waals surface area contributed by atoms with Gasteiger partial charge in [0.1, 0.15) is 5.82 Å². The fraction of sp³-hybridized carbons (Fsp3) is 0.579. The largest absolute Gasteiger partial charge is 0.353 e. The molecule has 4 nitrogen and oxygen atoms in total. The molecule has 0 aromatic heterocycles. The van der Waals surface area contributed by atoms with Gasteiger partial charge in [-0.3, -0.25) is 9.59 Å². The minimum Gasteiger partial charge on any atom is -0.353 e. The smallest absolute Gasteiger partial charge is 0.227 e. The number of carbonyl (C=O) groups excluding carboxylic acids is 2. The Balaban J connectivity index is 1.65. The highest BCUT2D eigenvalue weighted by Gasteiger charge is 2.37. The zero-order valence-corrected chi connectivity index (χ0v) is 15.4. The van der Waals surface area contributed by atoms with Crippen LogP contribution in [0.15, 0.2) is 18.2 Å². The summed E-state index contributed by atoms with van der Waals surface area (Å²) < 4.78 is 13.3. The number of rotatable bonds is 3. The number of nitrogens with zero attached hydrogens (tertiary/aromatic N) is 1. The van der Waals surface area contributed by atoms with Gasteiger partial charge in [-0.05, 0) is 36.5 Å². The molecule has 1 saturated carbocycles. The fourth-order valence-corrected chi connectivity index (χ4v) is 4.05. The van der Waals surface area contributed by atoms with E-state index >= 15 is 0 Å². The summed E-state index contributed by atoms with van der Waals surface area (Å²) in [6.45, 7) is 4.72. The van der Waals surface area contributed by atoms with Crippen molar-refractivity contribution >= 4 is 29.1 Å². The highest BCUT2D eigenvalue weighted by Crippen LogP contribution is 2.31. The van der Waals surface area contributed by atoms with E-state index in [-0.39, 0.29) is 35.2 Å². The van der Waals surface area contributed by atoms with Gasteiger partial charge in [-0.2, -0.15) is 0 Å². The molecule has 6 heteroatoms. The molecule has 2 fully saturated rings. The van der Waals surface area contributed by atoms with E-state index in [1.165, 1.54) is 29.5 Å². The topological polar surface area (TPSA) is 49.4 Å². The lowest BCUT2D eigenvalue weighted by molar-refractivity contribution is -0.127. The van der Waals surface area contributed by atoms with Crippen molar-refractivity contribution in [1.82, 2.24) is 5.32 Å². The predicted molar refractivity (Wildman–Crippen MR) is 96.0 cm³/mol. The van der Waals surface area contributed by atoms with Crippen molar-refractivity contribution in [1.29, 1.82) is 0 Å². The van der Waals surface area contributed by atoms with Crippen molar-refractivity contribution in [2.24, 2.45) is 17.8 Å². The molecule has 136 valence electrons. The summed E-state index contributed by atoms with van der Waals surface area (Å²) in [5.41, 5.74) is 0.534. The molecule has 0 bridgehead atoms. The van der Waals surface area contributed by atoms with E-state index < -0.39 is 5.82 Å². The molecule has 0 spiro atoms. The molecule has 3 rings (SSSR count). The molecule has 1 aromatic rings. The summed E-state index contributed by atoms with van der Waals surface area (Å²) in [6, 6.07) is 4.37. The van der Waals surface area contributed by atoms with Gasteiger partial charge in [0.05, 0.1) is 10.9 Å². The Bertz CT molecular complexity index is 681. The van der Waals surface area contributed by atoms with Crippen molar-refractivity contribution in [2.75, 3.05) is 11.4 Å². The van der Waals surface area contributed by atoms with Crippen LogP contribution in [0.25, 0.3) is 0 Å². The average molecular weight is 367 g/mol. The van der Waals surface area contributed by atoms with Crippen molar-refractivity contribution in [3.63, 3.8) is 0 Å². The minimum atomic E-state index is -0.522. The molecular formula is C19H24ClFN2O2. The highest BCUT2D eigenvalue weighted by atomic mass is 35.5. The second-order valence-electron chi connectivity index (χ2n) is 7.39. The molecule has 1 aliphatic heterocycles. The molecule has 25 heavy (non-hydrogen) atoms. The number of anilines is 1. The Hall–Kier alpha value is -1.62.